The van der Waals surface area contributed by atoms with Crippen LogP contribution in [0.4, 0.5) is 4.39 Å². The molecule has 0 aliphatic carbocycles. The van der Waals surface area contributed by atoms with Gasteiger partial charge < -0.3 is 5.73 Å². The summed E-state index contributed by atoms with van der Waals surface area (Å²) >= 11 is 0. The molecule has 2 nitrogen and oxygen atoms in total. The molecule has 2 rings (SSSR count). The Labute approximate surface area is 121 Å². The van der Waals surface area contributed by atoms with Gasteiger partial charge in [-0.25, -0.2) is 4.39 Å². The molecule has 2 N–H and O–H groups in total. The van der Waals surface area contributed by atoms with E-state index in [1.165, 1.54) is 0 Å². The highest BCUT2D eigenvalue weighted by molar-refractivity contribution is 5.85. The van der Waals surface area contributed by atoms with Gasteiger partial charge in [0.1, 0.15) is 5.82 Å². The number of hydrogen-bond donors (Lipinski definition) is 1. The molecule has 0 bridgehead atoms. The lowest BCUT2D eigenvalue weighted by Gasteiger charge is -2.33. The molecule has 0 radical (unpaired) electrons. The van der Waals surface area contributed by atoms with Crippen molar-refractivity contribution < 1.29 is 4.39 Å². The van der Waals surface area contributed by atoms with Crippen LogP contribution in [-0.2, 0) is 6.54 Å². The first kappa shape index (κ1) is 16.4. The van der Waals surface area contributed by atoms with E-state index >= 15 is 0 Å². The van der Waals surface area contributed by atoms with Crippen molar-refractivity contribution in [2.45, 2.75) is 39.3 Å². The SMILES string of the molecule is Cc1ccc(F)c(CN2CCC(C(C)N)CC2)c1.Cl. The predicted molar refractivity (Wildman–Crippen MR) is 80.0 cm³/mol. The van der Waals surface area contributed by atoms with Gasteiger partial charge in [0.15, 0.2) is 0 Å². The van der Waals surface area contributed by atoms with E-state index in [2.05, 4.69) is 11.8 Å². The fraction of sp³-hybridized carbons (Fsp3) is 0.600. The van der Waals surface area contributed by atoms with E-state index in [0.717, 1.165) is 43.6 Å². The van der Waals surface area contributed by atoms with Crippen molar-refractivity contribution in [3.8, 4) is 0 Å². The van der Waals surface area contributed by atoms with Crippen molar-refractivity contribution in [1.82, 2.24) is 4.90 Å². The van der Waals surface area contributed by atoms with Gasteiger partial charge in [-0.3, -0.25) is 4.90 Å². The summed E-state index contributed by atoms with van der Waals surface area (Å²) in [6.45, 7) is 6.87. The van der Waals surface area contributed by atoms with E-state index in [1.54, 1.807) is 6.07 Å². The summed E-state index contributed by atoms with van der Waals surface area (Å²) in [6.07, 6.45) is 2.26. The highest BCUT2D eigenvalue weighted by Crippen LogP contribution is 2.22. The molecule has 1 aliphatic rings. The maximum absolute atomic E-state index is 13.7. The summed E-state index contributed by atoms with van der Waals surface area (Å²) in [7, 11) is 0. The molecule has 0 aromatic heterocycles. The van der Waals surface area contributed by atoms with Gasteiger partial charge in [0.25, 0.3) is 0 Å². The molecule has 1 fully saturated rings. The quantitative estimate of drug-likeness (QED) is 0.925. The third kappa shape index (κ3) is 4.44. The number of likely N-dealkylation sites (tertiary alicyclic amines) is 1. The predicted octanol–water partition coefficient (Wildman–Crippen LogP) is 3.12. The molecular formula is C15H24ClFN2. The van der Waals surface area contributed by atoms with Crippen LogP contribution in [0.15, 0.2) is 18.2 Å². The normalized spacial score (nSPS) is 18.9. The summed E-state index contributed by atoms with van der Waals surface area (Å²) in [5.74, 6) is 0.540. The Bertz CT molecular complexity index is 401. The minimum atomic E-state index is -0.0880. The second-order valence-electron chi connectivity index (χ2n) is 5.57. The molecule has 4 heteroatoms. The van der Waals surface area contributed by atoms with E-state index in [9.17, 15) is 4.39 Å². The highest BCUT2D eigenvalue weighted by atomic mass is 35.5. The van der Waals surface area contributed by atoms with Gasteiger partial charge in [0, 0.05) is 18.2 Å². The fourth-order valence-corrected chi connectivity index (χ4v) is 2.70. The van der Waals surface area contributed by atoms with E-state index in [4.69, 9.17) is 5.73 Å². The Kier molecular flexibility index (Phi) is 6.24. The smallest absolute Gasteiger partial charge is 0.127 e. The van der Waals surface area contributed by atoms with E-state index in [-0.39, 0.29) is 24.3 Å². The molecule has 1 aromatic carbocycles. The first-order chi connectivity index (χ1) is 8.56. The zero-order valence-corrected chi connectivity index (χ0v) is 12.5. The van der Waals surface area contributed by atoms with Crippen LogP contribution < -0.4 is 5.73 Å². The molecule has 1 aliphatic heterocycles. The number of halogens is 2. The number of hydrogen-bond acceptors (Lipinski definition) is 2. The Morgan fingerprint density at radius 1 is 1.37 bits per heavy atom. The number of aryl methyl sites for hydroxylation is 1. The van der Waals surface area contributed by atoms with Gasteiger partial charge in [-0.2, -0.15) is 0 Å². The number of rotatable bonds is 3. The molecule has 0 saturated carbocycles. The number of piperidine rings is 1. The van der Waals surface area contributed by atoms with Crippen LogP contribution in [0, 0.1) is 18.7 Å². The van der Waals surface area contributed by atoms with Crippen LogP contribution in [-0.4, -0.2) is 24.0 Å². The zero-order chi connectivity index (χ0) is 13.1. The first-order valence-electron chi connectivity index (χ1n) is 6.79. The Hall–Kier alpha value is -0.640. The zero-order valence-electron chi connectivity index (χ0n) is 11.7. The third-order valence-electron chi connectivity index (χ3n) is 3.97. The van der Waals surface area contributed by atoms with Crippen LogP contribution in [0.5, 0.6) is 0 Å². The van der Waals surface area contributed by atoms with Gasteiger partial charge in [-0.05, 0) is 51.8 Å². The summed E-state index contributed by atoms with van der Waals surface area (Å²) in [5, 5.41) is 0. The maximum Gasteiger partial charge on any atom is 0.127 e. The Morgan fingerprint density at radius 2 is 2.00 bits per heavy atom. The van der Waals surface area contributed by atoms with Crippen molar-refractivity contribution in [2.75, 3.05) is 13.1 Å². The average molecular weight is 287 g/mol. The lowest BCUT2D eigenvalue weighted by Crippen LogP contribution is -2.39. The molecule has 0 spiro atoms. The van der Waals surface area contributed by atoms with Gasteiger partial charge >= 0.3 is 0 Å². The molecule has 19 heavy (non-hydrogen) atoms. The van der Waals surface area contributed by atoms with Crippen LogP contribution >= 0.6 is 12.4 Å². The molecule has 0 amide bonds. The second kappa shape index (κ2) is 7.22. The van der Waals surface area contributed by atoms with E-state index < -0.39 is 0 Å². The largest absolute Gasteiger partial charge is 0.328 e. The van der Waals surface area contributed by atoms with Crippen molar-refractivity contribution in [1.29, 1.82) is 0 Å². The van der Waals surface area contributed by atoms with Gasteiger partial charge in [0.05, 0.1) is 0 Å². The van der Waals surface area contributed by atoms with Crippen LogP contribution in [0.1, 0.15) is 30.9 Å². The molecule has 1 aromatic rings. The van der Waals surface area contributed by atoms with E-state index in [1.807, 2.05) is 19.1 Å². The summed E-state index contributed by atoms with van der Waals surface area (Å²) in [5.41, 5.74) is 7.87. The number of benzene rings is 1. The van der Waals surface area contributed by atoms with E-state index in [0.29, 0.717) is 5.92 Å². The van der Waals surface area contributed by atoms with Crippen LogP contribution in [0.3, 0.4) is 0 Å². The summed E-state index contributed by atoms with van der Waals surface area (Å²) in [6, 6.07) is 5.62. The lowest BCUT2D eigenvalue weighted by molar-refractivity contribution is 0.164. The standard InChI is InChI=1S/C15H23FN2.ClH/c1-11-3-4-15(16)14(9-11)10-18-7-5-13(6-8-18)12(2)17;/h3-4,9,12-13H,5-8,10,17H2,1-2H3;1H. The molecule has 108 valence electrons. The van der Waals surface area contributed by atoms with Gasteiger partial charge in [-0.1, -0.05) is 17.7 Å². The average Bonchev–Trinajstić information content (AvgIpc) is 2.34. The maximum atomic E-state index is 13.7. The fourth-order valence-electron chi connectivity index (χ4n) is 2.70. The first-order valence-corrected chi connectivity index (χ1v) is 6.79. The van der Waals surface area contributed by atoms with Crippen LogP contribution in [0.25, 0.3) is 0 Å². The van der Waals surface area contributed by atoms with Crippen molar-refractivity contribution >= 4 is 12.4 Å². The van der Waals surface area contributed by atoms with Crippen molar-refractivity contribution in [3.63, 3.8) is 0 Å². The summed E-state index contributed by atoms with van der Waals surface area (Å²) in [4.78, 5) is 2.33. The molecule has 1 unspecified atom stereocenters. The second-order valence-corrected chi connectivity index (χ2v) is 5.57. The molecular weight excluding hydrogens is 263 g/mol. The minimum Gasteiger partial charge on any atom is -0.328 e. The topological polar surface area (TPSA) is 29.3 Å². The number of nitrogens with two attached hydrogens (primary N) is 1. The minimum absolute atomic E-state index is 0. The van der Waals surface area contributed by atoms with Crippen LogP contribution in [0.2, 0.25) is 0 Å². The summed E-state index contributed by atoms with van der Waals surface area (Å²) < 4.78 is 13.7. The third-order valence-corrected chi connectivity index (χ3v) is 3.97. The van der Waals surface area contributed by atoms with Gasteiger partial charge in [-0.15, -0.1) is 12.4 Å². The molecule has 1 saturated heterocycles. The van der Waals surface area contributed by atoms with Crippen molar-refractivity contribution in [2.24, 2.45) is 11.7 Å². The molecule has 1 atom stereocenters. The molecule has 1 heterocycles. The highest BCUT2D eigenvalue weighted by Gasteiger charge is 2.22. The van der Waals surface area contributed by atoms with Gasteiger partial charge in [0.2, 0.25) is 0 Å². The Morgan fingerprint density at radius 3 is 2.58 bits per heavy atom. The Balaban J connectivity index is 0.00000180. The van der Waals surface area contributed by atoms with Crippen molar-refractivity contribution in [3.05, 3.63) is 35.1 Å². The lowest BCUT2D eigenvalue weighted by atomic mass is 9.91. The monoisotopic (exact) mass is 286 g/mol. The number of nitrogens with zero attached hydrogens (tertiary/aromatic N) is 1.